The lowest BCUT2D eigenvalue weighted by Crippen LogP contribution is -2.14. The summed E-state index contributed by atoms with van der Waals surface area (Å²) in [6, 6.07) is 21.2. The minimum atomic E-state index is 0. The molecule has 3 aromatic rings. The molecule has 0 aliphatic carbocycles. The van der Waals surface area contributed by atoms with Crippen LogP contribution in [0.5, 0.6) is 11.5 Å². The standard InChI is InChI=1S/C22H21Cl2NO2.ClH/c1-26-21-9-5-3-6-16(21)13-25-14-18-12-19(23)10-11-22(18)27-15-17-7-2-4-8-20(17)24;/h2-12,25H,13-15H2,1H3;1H. The van der Waals surface area contributed by atoms with Crippen LogP contribution in [-0.4, -0.2) is 7.11 Å². The van der Waals surface area contributed by atoms with Gasteiger partial charge in [0.05, 0.1) is 7.11 Å². The third kappa shape index (κ3) is 6.05. The zero-order valence-corrected chi connectivity index (χ0v) is 17.8. The maximum atomic E-state index is 6.21. The van der Waals surface area contributed by atoms with E-state index in [0.29, 0.717) is 29.7 Å². The molecule has 3 aromatic carbocycles. The lowest BCUT2D eigenvalue weighted by atomic mass is 10.1. The molecule has 0 unspecified atom stereocenters. The van der Waals surface area contributed by atoms with Gasteiger partial charge < -0.3 is 14.8 Å². The van der Waals surface area contributed by atoms with Gasteiger partial charge >= 0.3 is 0 Å². The van der Waals surface area contributed by atoms with Crippen LogP contribution in [0, 0.1) is 0 Å². The molecule has 0 saturated heterocycles. The molecule has 0 fully saturated rings. The highest BCUT2D eigenvalue weighted by atomic mass is 35.5. The summed E-state index contributed by atoms with van der Waals surface area (Å²) in [5.41, 5.74) is 3.03. The minimum Gasteiger partial charge on any atom is -0.496 e. The molecule has 0 radical (unpaired) electrons. The van der Waals surface area contributed by atoms with Gasteiger partial charge in [0.25, 0.3) is 0 Å². The molecule has 148 valence electrons. The highest BCUT2D eigenvalue weighted by molar-refractivity contribution is 6.31. The van der Waals surface area contributed by atoms with Crippen molar-refractivity contribution in [3.8, 4) is 11.5 Å². The van der Waals surface area contributed by atoms with E-state index >= 15 is 0 Å². The highest BCUT2D eigenvalue weighted by Gasteiger charge is 2.08. The molecule has 3 nitrogen and oxygen atoms in total. The third-order valence-corrected chi connectivity index (χ3v) is 4.79. The summed E-state index contributed by atoms with van der Waals surface area (Å²) in [4.78, 5) is 0. The summed E-state index contributed by atoms with van der Waals surface area (Å²) in [5, 5.41) is 4.80. The molecular formula is C22H22Cl3NO2. The van der Waals surface area contributed by atoms with Gasteiger partial charge in [-0.25, -0.2) is 0 Å². The number of hydrogen-bond acceptors (Lipinski definition) is 3. The molecular weight excluding hydrogens is 417 g/mol. The predicted octanol–water partition coefficient (Wildman–Crippen LogP) is 6.29. The van der Waals surface area contributed by atoms with Crippen molar-refractivity contribution in [2.45, 2.75) is 19.7 Å². The second-order valence-corrected chi connectivity index (χ2v) is 6.89. The molecule has 0 heterocycles. The summed E-state index contributed by atoms with van der Waals surface area (Å²) in [7, 11) is 1.68. The molecule has 0 atom stereocenters. The molecule has 6 heteroatoms. The Morgan fingerprint density at radius 2 is 1.46 bits per heavy atom. The Balaban J connectivity index is 0.00000280. The number of benzene rings is 3. The van der Waals surface area contributed by atoms with Crippen molar-refractivity contribution >= 4 is 35.6 Å². The normalized spacial score (nSPS) is 10.2. The van der Waals surface area contributed by atoms with Gasteiger partial charge in [-0.2, -0.15) is 0 Å². The Morgan fingerprint density at radius 1 is 0.786 bits per heavy atom. The number of halogens is 3. The number of methoxy groups -OCH3 is 1. The second-order valence-electron chi connectivity index (χ2n) is 6.05. The molecule has 28 heavy (non-hydrogen) atoms. The average Bonchev–Trinajstić information content (AvgIpc) is 2.69. The van der Waals surface area contributed by atoms with Crippen LogP contribution in [0.15, 0.2) is 66.7 Å². The summed E-state index contributed by atoms with van der Waals surface area (Å²) >= 11 is 12.4. The van der Waals surface area contributed by atoms with E-state index in [9.17, 15) is 0 Å². The number of nitrogens with one attached hydrogen (secondary N) is 1. The predicted molar refractivity (Wildman–Crippen MR) is 118 cm³/mol. The van der Waals surface area contributed by atoms with Crippen LogP contribution in [0.25, 0.3) is 0 Å². The Bertz CT molecular complexity index is 902. The first kappa shape index (κ1) is 22.4. The Morgan fingerprint density at radius 3 is 2.21 bits per heavy atom. The van der Waals surface area contributed by atoms with E-state index < -0.39 is 0 Å². The van der Waals surface area contributed by atoms with Gasteiger partial charge in [-0.15, -0.1) is 12.4 Å². The zero-order chi connectivity index (χ0) is 19.1. The SMILES string of the molecule is COc1ccccc1CNCc1cc(Cl)ccc1OCc1ccccc1Cl.Cl. The number of hydrogen-bond donors (Lipinski definition) is 1. The average molecular weight is 439 g/mol. The van der Waals surface area contributed by atoms with Crippen molar-refractivity contribution in [3.63, 3.8) is 0 Å². The van der Waals surface area contributed by atoms with Gasteiger partial charge in [-0.3, -0.25) is 0 Å². The molecule has 3 rings (SSSR count). The van der Waals surface area contributed by atoms with Crippen molar-refractivity contribution in [3.05, 3.63) is 93.5 Å². The largest absolute Gasteiger partial charge is 0.496 e. The quantitative estimate of drug-likeness (QED) is 0.448. The fourth-order valence-electron chi connectivity index (χ4n) is 2.78. The van der Waals surface area contributed by atoms with Crippen LogP contribution in [0.2, 0.25) is 10.0 Å². The summed E-state index contributed by atoms with van der Waals surface area (Å²) in [6.07, 6.45) is 0. The van der Waals surface area contributed by atoms with Crippen molar-refractivity contribution in [1.29, 1.82) is 0 Å². The van der Waals surface area contributed by atoms with Crippen LogP contribution in [0.4, 0.5) is 0 Å². The Labute approximate surface area is 182 Å². The first-order chi connectivity index (χ1) is 13.2. The van der Waals surface area contributed by atoms with Crippen LogP contribution in [-0.2, 0) is 19.7 Å². The number of ether oxygens (including phenoxy) is 2. The topological polar surface area (TPSA) is 30.5 Å². The summed E-state index contributed by atoms with van der Waals surface area (Å²) in [5.74, 6) is 1.65. The second kappa shape index (κ2) is 11.2. The number of rotatable bonds is 8. The van der Waals surface area contributed by atoms with E-state index in [-0.39, 0.29) is 12.4 Å². The van der Waals surface area contributed by atoms with Crippen molar-refractivity contribution in [1.82, 2.24) is 5.32 Å². The molecule has 0 amide bonds. The van der Waals surface area contributed by atoms with Crippen LogP contribution < -0.4 is 14.8 Å². The smallest absolute Gasteiger partial charge is 0.124 e. The lowest BCUT2D eigenvalue weighted by molar-refractivity contribution is 0.302. The van der Waals surface area contributed by atoms with Gasteiger partial charge in [0.15, 0.2) is 0 Å². The van der Waals surface area contributed by atoms with Gasteiger partial charge in [-0.1, -0.05) is 59.6 Å². The Hall–Kier alpha value is -1.91. The van der Waals surface area contributed by atoms with E-state index in [1.54, 1.807) is 7.11 Å². The molecule has 1 N–H and O–H groups in total. The van der Waals surface area contributed by atoms with Crippen molar-refractivity contribution < 1.29 is 9.47 Å². The zero-order valence-electron chi connectivity index (χ0n) is 15.5. The molecule has 0 aliphatic heterocycles. The maximum Gasteiger partial charge on any atom is 0.124 e. The van der Waals surface area contributed by atoms with Gasteiger partial charge in [0, 0.05) is 39.8 Å². The first-order valence-electron chi connectivity index (χ1n) is 8.64. The monoisotopic (exact) mass is 437 g/mol. The van der Waals surface area contributed by atoms with Gasteiger partial charge in [0.2, 0.25) is 0 Å². The van der Waals surface area contributed by atoms with E-state index in [1.807, 2.05) is 66.7 Å². The summed E-state index contributed by atoms with van der Waals surface area (Å²) < 4.78 is 11.4. The van der Waals surface area contributed by atoms with Crippen LogP contribution in [0.1, 0.15) is 16.7 Å². The van der Waals surface area contributed by atoms with E-state index in [0.717, 1.165) is 28.2 Å². The van der Waals surface area contributed by atoms with Crippen molar-refractivity contribution in [2.75, 3.05) is 7.11 Å². The van der Waals surface area contributed by atoms with Crippen molar-refractivity contribution in [2.24, 2.45) is 0 Å². The maximum absolute atomic E-state index is 6.21. The van der Waals surface area contributed by atoms with Crippen LogP contribution >= 0.6 is 35.6 Å². The van der Waals surface area contributed by atoms with Crippen LogP contribution in [0.3, 0.4) is 0 Å². The number of para-hydroxylation sites is 1. The molecule has 0 aromatic heterocycles. The van der Waals surface area contributed by atoms with Gasteiger partial charge in [-0.05, 0) is 30.3 Å². The highest BCUT2D eigenvalue weighted by Crippen LogP contribution is 2.25. The minimum absolute atomic E-state index is 0. The fraction of sp³-hybridized carbons (Fsp3) is 0.182. The fourth-order valence-corrected chi connectivity index (χ4v) is 3.16. The van der Waals surface area contributed by atoms with E-state index in [4.69, 9.17) is 32.7 Å². The molecule has 0 aliphatic rings. The molecule has 0 saturated carbocycles. The van der Waals surface area contributed by atoms with E-state index in [1.165, 1.54) is 0 Å². The first-order valence-corrected chi connectivity index (χ1v) is 9.40. The molecule has 0 spiro atoms. The van der Waals surface area contributed by atoms with Gasteiger partial charge in [0.1, 0.15) is 18.1 Å². The lowest BCUT2D eigenvalue weighted by Gasteiger charge is -2.14. The van der Waals surface area contributed by atoms with E-state index in [2.05, 4.69) is 5.32 Å². The third-order valence-electron chi connectivity index (χ3n) is 4.19. The summed E-state index contributed by atoms with van der Waals surface area (Å²) in [6.45, 7) is 1.71. The molecule has 0 bridgehead atoms. The Kier molecular flexibility index (Phi) is 8.94.